The van der Waals surface area contributed by atoms with Crippen molar-refractivity contribution in [1.29, 1.82) is 0 Å². The first kappa shape index (κ1) is 13.3. The van der Waals surface area contributed by atoms with Gasteiger partial charge in [-0.25, -0.2) is 4.98 Å². The molecule has 0 amide bonds. The highest BCUT2D eigenvalue weighted by atomic mass is 15.2. The maximum Gasteiger partial charge on any atom is 0.152 e. The number of hydrogen-bond donors (Lipinski definition) is 4. The van der Waals surface area contributed by atoms with E-state index in [9.17, 15) is 0 Å². The molecule has 3 aromatic heterocycles. The van der Waals surface area contributed by atoms with Gasteiger partial charge in [0.1, 0.15) is 5.82 Å². The van der Waals surface area contributed by atoms with Crippen molar-refractivity contribution in [2.75, 3.05) is 10.6 Å². The van der Waals surface area contributed by atoms with Gasteiger partial charge in [-0.15, -0.1) is 0 Å². The summed E-state index contributed by atoms with van der Waals surface area (Å²) in [5.74, 6) is 1.53. The van der Waals surface area contributed by atoms with Gasteiger partial charge in [0.25, 0.3) is 0 Å². The van der Waals surface area contributed by atoms with Gasteiger partial charge in [0.15, 0.2) is 5.82 Å². The van der Waals surface area contributed by atoms with E-state index in [1.54, 1.807) is 12.4 Å². The minimum absolute atomic E-state index is 0.751. The molecule has 0 aliphatic heterocycles. The van der Waals surface area contributed by atoms with E-state index in [4.69, 9.17) is 0 Å². The van der Waals surface area contributed by atoms with Crippen LogP contribution in [0.2, 0.25) is 0 Å². The van der Waals surface area contributed by atoms with Crippen molar-refractivity contribution < 1.29 is 0 Å². The molecule has 4 rings (SSSR count). The molecule has 0 saturated carbocycles. The van der Waals surface area contributed by atoms with Gasteiger partial charge in [-0.1, -0.05) is 0 Å². The highest BCUT2D eigenvalue weighted by Gasteiger charge is 2.03. The molecule has 0 unspecified atom stereocenters. The second-order valence-electron chi connectivity index (χ2n) is 5.29. The molecule has 23 heavy (non-hydrogen) atoms. The van der Waals surface area contributed by atoms with Crippen molar-refractivity contribution in [3.05, 3.63) is 54.5 Å². The molecule has 7 heteroatoms. The fourth-order valence-corrected chi connectivity index (χ4v) is 2.37. The normalized spacial score (nSPS) is 10.8. The molecule has 0 aliphatic rings. The Balaban J connectivity index is 1.55. The first-order chi connectivity index (χ1) is 11.3. The van der Waals surface area contributed by atoms with Crippen LogP contribution in [0.25, 0.3) is 10.9 Å². The number of nitrogens with zero attached hydrogens (tertiary/aromatic N) is 3. The Bertz CT molecular complexity index is 954. The molecular weight excluding hydrogens is 290 g/mol. The second-order valence-corrected chi connectivity index (χ2v) is 5.29. The predicted molar refractivity (Wildman–Crippen MR) is 90.2 cm³/mol. The van der Waals surface area contributed by atoms with Crippen LogP contribution in [0.4, 0.5) is 23.0 Å². The first-order valence-electron chi connectivity index (χ1n) is 7.21. The minimum Gasteiger partial charge on any atom is -0.340 e. The van der Waals surface area contributed by atoms with Crippen molar-refractivity contribution in [2.24, 2.45) is 0 Å². The first-order valence-corrected chi connectivity index (χ1v) is 7.21. The van der Waals surface area contributed by atoms with Gasteiger partial charge in [0.2, 0.25) is 0 Å². The van der Waals surface area contributed by atoms with Crippen molar-refractivity contribution in [3.8, 4) is 0 Å². The minimum atomic E-state index is 0.751. The second kappa shape index (κ2) is 5.45. The molecule has 4 N–H and O–H groups in total. The maximum atomic E-state index is 4.34. The molecule has 0 spiro atoms. The molecule has 0 bridgehead atoms. The maximum absolute atomic E-state index is 4.34. The van der Waals surface area contributed by atoms with Crippen LogP contribution >= 0.6 is 0 Å². The SMILES string of the molecule is Cc1cc(Nc2ccnc(Nc3ccc4cn[nH]c4c3)c2)n[nH]1. The Hall–Kier alpha value is -3.35. The van der Waals surface area contributed by atoms with Crippen LogP contribution in [-0.4, -0.2) is 25.4 Å². The van der Waals surface area contributed by atoms with Gasteiger partial charge in [-0.05, 0) is 31.2 Å². The van der Waals surface area contributed by atoms with Gasteiger partial charge in [0, 0.05) is 40.8 Å². The van der Waals surface area contributed by atoms with Crippen molar-refractivity contribution >= 4 is 33.9 Å². The number of pyridine rings is 1. The van der Waals surface area contributed by atoms with Crippen LogP contribution in [0.3, 0.4) is 0 Å². The number of aromatic nitrogens is 5. The number of fused-ring (bicyclic) bond motifs is 1. The lowest BCUT2D eigenvalue weighted by Gasteiger charge is -2.08. The summed E-state index contributed by atoms with van der Waals surface area (Å²) in [6.45, 7) is 1.96. The Labute approximate surface area is 132 Å². The summed E-state index contributed by atoms with van der Waals surface area (Å²) in [5.41, 5.74) is 3.85. The molecule has 0 fully saturated rings. The quantitative estimate of drug-likeness (QED) is 0.463. The van der Waals surface area contributed by atoms with Gasteiger partial charge >= 0.3 is 0 Å². The Kier molecular flexibility index (Phi) is 3.16. The van der Waals surface area contributed by atoms with Crippen LogP contribution < -0.4 is 10.6 Å². The van der Waals surface area contributed by atoms with Gasteiger partial charge in [-0.2, -0.15) is 10.2 Å². The number of hydrogen-bond acceptors (Lipinski definition) is 5. The molecule has 0 atom stereocenters. The van der Waals surface area contributed by atoms with E-state index < -0.39 is 0 Å². The topological polar surface area (TPSA) is 94.3 Å². The van der Waals surface area contributed by atoms with Crippen molar-refractivity contribution in [2.45, 2.75) is 6.92 Å². The third-order valence-corrected chi connectivity index (χ3v) is 3.45. The molecule has 0 radical (unpaired) electrons. The third-order valence-electron chi connectivity index (χ3n) is 3.45. The van der Waals surface area contributed by atoms with Crippen LogP contribution in [0.15, 0.2) is 48.8 Å². The van der Waals surface area contributed by atoms with Crippen LogP contribution in [0.5, 0.6) is 0 Å². The molecule has 7 nitrogen and oxygen atoms in total. The average molecular weight is 305 g/mol. The summed E-state index contributed by atoms with van der Waals surface area (Å²) < 4.78 is 0. The van der Waals surface area contributed by atoms with Crippen LogP contribution in [0.1, 0.15) is 5.69 Å². The van der Waals surface area contributed by atoms with Crippen LogP contribution in [-0.2, 0) is 0 Å². The van der Waals surface area contributed by atoms with Crippen molar-refractivity contribution in [3.63, 3.8) is 0 Å². The highest BCUT2D eigenvalue weighted by Crippen LogP contribution is 2.22. The lowest BCUT2D eigenvalue weighted by Crippen LogP contribution is -1.96. The zero-order valence-electron chi connectivity index (χ0n) is 12.5. The lowest BCUT2D eigenvalue weighted by molar-refractivity contribution is 1.05. The molecule has 1 aromatic carbocycles. The number of nitrogens with one attached hydrogen (secondary N) is 4. The number of H-pyrrole nitrogens is 2. The van der Waals surface area contributed by atoms with Gasteiger partial charge in [0.05, 0.1) is 11.7 Å². The third kappa shape index (κ3) is 2.84. The fourth-order valence-electron chi connectivity index (χ4n) is 2.37. The average Bonchev–Trinajstić information content (AvgIpc) is 3.16. The van der Waals surface area contributed by atoms with Crippen molar-refractivity contribution in [1.82, 2.24) is 25.4 Å². The Morgan fingerprint density at radius 3 is 2.65 bits per heavy atom. The van der Waals surface area contributed by atoms with E-state index in [-0.39, 0.29) is 0 Å². The summed E-state index contributed by atoms with van der Waals surface area (Å²) in [6, 6.07) is 11.8. The number of benzene rings is 1. The molecule has 0 saturated heterocycles. The monoisotopic (exact) mass is 305 g/mol. The molecule has 3 heterocycles. The van der Waals surface area contributed by atoms with Crippen LogP contribution in [0, 0.1) is 6.92 Å². The van der Waals surface area contributed by atoms with E-state index in [1.807, 2.05) is 43.3 Å². The van der Waals surface area contributed by atoms with E-state index in [0.717, 1.165) is 39.6 Å². The Morgan fingerprint density at radius 2 is 1.78 bits per heavy atom. The lowest BCUT2D eigenvalue weighted by atomic mass is 10.2. The molecule has 114 valence electrons. The molecule has 0 aliphatic carbocycles. The van der Waals surface area contributed by atoms with E-state index in [1.165, 1.54) is 0 Å². The molecular formula is C16H15N7. The smallest absolute Gasteiger partial charge is 0.152 e. The zero-order chi connectivity index (χ0) is 15.6. The van der Waals surface area contributed by atoms with Gasteiger partial charge < -0.3 is 10.6 Å². The molecule has 4 aromatic rings. The largest absolute Gasteiger partial charge is 0.340 e. The number of anilines is 4. The fraction of sp³-hybridized carbons (Fsp3) is 0.0625. The summed E-state index contributed by atoms with van der Waals surface area (Å²) in [7, 11) is 0. The summed E-state index contributed by atoms with van der Waals surface area (Å²) in [4.78, 5) is 4.34. The number of aryl methyl sites for hydroxylation is 1. The predicted octanol–water partition coefficient (Wildman–Crippen LogP) is 3.48. The van der Waals surface area contributed by atoms with E-state index in [2.05, 4.69) is 36.0 Å². The summed E-state index contributed by atoms with van der Waals surface area (Å²) in [6.07, 6.45) is 3.55. The Morgan fingerprint density at radius 1 is 0.913 bits per heavy atom. The summed E-state index contributed by atoms with van der Waals surface area (Å²) >= 11 is 0. The standard InChI is InChI=1S/C16H15N7/c1-10-6-16(23-21-10)20-13-4-5-17-15(8-13)19-12-3-2-11-9-18-22-14(11)7-12/h2-9H,1H3,(H,18,22)(H3,17,19,20,21,23). The zero-order valence-corrected chi connectivity index (χ0v) is 12.5. The van der Waals surface area contributed by atoms with E-state index >= 15 is 0 Å². The van der Waals surface area contributed by atoms with E-state index in [0.29, 0.717) is 0 Å². The number of rotatable bonds is 4. The van der Waals surface area contributed by atoms with Gasteiger partial charge in [-0.3, -0.25) is 10.2 Å². The summed E-state index contributed by atoms with van der Waals surface area (Å²) in [5, 5.41) is 21.7. The number of aromatic amines is 2. The highest BCUT2D eigenvalue weighted by molar-refractivity contribution is 5.82.